The zero-order valence-corrected chi connectivity index (χ0v) is 23.4. The molecule has 0 aliphatic heterocycles. The van der Waals surface area contributed by atoms with Gasteiger partial charge in [-0.25, -0.2) is 0 Å². The van der Waals surface area contributed by atoms with Crippen molar-refractivity contribution >= 4 is 17.7 Å². The molecule has 3 aromatic rings. The maximum atomic E-state index is 12.5. The smallest absolute Gasteiger partial charge is 0.248 e. The second-order valence-corrected chi connectivity index (χ2v) is 9.34. The van der Waals surface area contributed by atoms with Crippen LogP contribution in [0.5, 0.6) is 28.7 Å². The van der Waals surface area contributed by atoms with Crippen LogP contribution in [0.4, 0.5) is 5.69 Å². The third-order valence-corrected chi connectivity index (χ3v) is 6.26. The third-order valence-electron chi connectivity index (χ3n) is 6.26. The lowest BCUT2D eigenvalue weighted by molar-refractivity contribution is -0.111. The van der Waals surface area contributed by atoms with Gasteiger partial charge in [0.15, 0.2) is 11.5 Å². The number of carbonyl (C=O) groups is 1. The number of ether oxygens (including phenoxy) is 4. The minimum absolute atomic E-state index is 0.250. The maximum absolute atomic E-state index is 12.5. The first-order chi connectivity index (χ1) is 19.1. The van der Waals surface area contributed by atoms with E-state index in [1.165, 1.54) is 44.6 Å². The number of para-hydroxylation sites is 1. The van der Waals surface area contributed by atoms with Crippen molar-refractivity contribution in [3.8, 4) is 28.7 Å². The molecule has 208 valence electrons. The molecule has 3 rings (SSSR count). The summed E-state index contributed by atoms with van der Waals surface area (Å²) < 4.78 is 23.0. The molecule has 0 saturated carbocycles. The quantitative estimate of drug-likeness (QED) is 0.139. The number of hydrogen-bond donors (Lipinski definition) is 1. The summed E-state index contributed by atoms with van der Waals surface area (Å²) in [5, 5.41) is 2.86. The van der Waals surface area contributed by atoms with E-state index in [1.54, 1.807) is 32.4 Å². The van der Waals surface area contributed by atoms with Crippen LogP contribution < -0.4 is 24.3 Å². The number of anilines is 1. The summed E-state index contributed by atoms with van der Waals surface area (Å²) >= 11 is 0. The molecule has 1 N–H and O–H groups in total. The topological polar surface area (TPSA) is 66.0 Å². The van der Waals surface area contributed by atoms with Crippen LogP contribution >= 0.6 is 0 Å². The molecule has 0 unspecified atom stereocenters. The van der Waals surface area contributed by atoms with Gasteiger partial charge < -0.3 is 24.3 Å². The van der Waals surface area contributed by atoms with Gasteiger partial charge in [-0.3, -0.25) is 4.79 Å². The highest BCUT2D eigenvalue weighted by Gasteiger charge is 2.14. The predicted molar refractivity (Wildman–Crippen MR) is 158 cm³/mol. The van der Waals surface area contributed by atoms with Gasteiger partial charge in [0, 0.05) is 11.8 Å². The first kappa shape index (κ1) is 29.6. The average Bonchev–Trinajstić information content (AvgIpc) is 2.96. The van der Waals surface area contributed by atoms with Gasteiger partial charge in [0.2, 0.25) is 11.7 Å². The molecule has 0 heterocycles. The number of rotatable bonds is 17. The number of amides is 1. The van der Waals surface area contributed by atoms with Crippen molar-refractivity contribution in [3.05, 3.63) is 78.4 Å². The first-order valence-electron chi connectivity index (χ1n) is 13.8. The molecule has 0 radical (unpaired) electrons. The monoisotopic (exact) mass is 531 g/mol. The maximum Gasteiger partial charge on any atom is 0.248 e. The van der Waals surface area contributed by atoms with Gasteiger partial charge in [0.1, 0.15) is 11.5 Å². The molecule has 0 fully saturated rings. The molecule has 1 amide bonds. The Morgan fingerprint density at radius 3 is 1.97 bits per heavy atom. The lowest BCUT2D eigenvalue weighted by Crippen LogP contribution is -2.07. The van der Waals surface area contributed by atoms with E-state index >= 15 is 0 Å². The fourth-order valence-electron chi connectivity index (χ4n) is 4.14. The van der Waals surface area contributed by atoms with E-state index in [1.807, 2.05) is 54.6 Å². The fourth-order valence-corrected chi connectivity index (χ4v) is 4.14. The normalized spacial score (nSPS) is 10.8. The molecule has 3 aromatic carbocycles. The van der Waals surface area contributed by atoms with Crippen LogP contribution in [0.3, 0.4) is 0 Å². The fraction of sp³-hybridized carbons (Fsp3) is 0.364. The molecular formula is C33H41NO5. The van der Waals surface area contributed by atoms with Crippen molar-refractivity contribution in [3.63, 3.8) is 0 Å². The average molecular weight is 532 g/mol. The molecule has 0 aliphatic carbocycles. The molecule has 0 aromatic heterocycles. The molecule has 0 spiro atoms. The van der Waals surface area contributed by atoms with Crippen LogP contribution in [0.2, 0.25) is 0 Å². The van der Waals surface area contributed by atoms with Gasteiger partial charge in [0.25, 0.3) is 0 Å². The Labute approximate surface area is 232 Å². The number of benzene rings is 3. The molecule has 0 bridgehead atoms. The highest BCUT2D eigenvalue weighted by Crippen LogP contribution is 2.39. The minimum atomic E-state index is -0.250. The minimum Gasteiger partial charge on any atom is -0.493 e. The molecule has 6 nitrogen and oxygen atoms in total. The number of carbonyl (C=O) groups excluding carboxylic acids is 1. The van der Waals surface area contributed by atoms with Crippen molar-refractivity contribution in [2.45, 2.75) is 58.3 Å². The van der Waals surface area contributed by atoms with E-state index in [4.69, 9.17) is 18.9 Å². The van der Waals surface area contributed by atoms with E-state index in [2.05, 4.69) is 12.2 Å². The summed E-state index contributed by atoms with van der Waals surface area (Å²) in [6.45, 7) is 2.85. The predicted octanol–water partition coefficient (Wildman–Crippen LogP) is 8.67. The summed E-state index contributed by atoms with van der Waals surface area (Å²) in [4.78, 5) is 12.5. The zero-order chi connectivity index (χ0) is 27.7. The Morgan fingerprint density at radius 1 is 0.769 bits per heavy atom. The van der Waals surface area contributed by atoms with Crippen LogP contribution in [0.1, 0.15) is 63.9 Å². The third kappa shape index (κ3) is 10.4. The van der Waals surface area contributed by atoms with Crippen molar-refractivity contribution in [1.82, 2.24) is 0 Å². The Bertz CT molecular complexity index is 1130. The summed E-state index contributed by atoms with van der Waals surface area (Å²) in [5.74, 6) is 2.93. The highest BCUT2D eigenvalue weighted by molar-refractivity contribution is 6.02. The Hall–Kier alpha value is -3.93. The second-order valence-electron chi connectivity index (χ2n) is 9.34. The van der Waals surface area contributed by atoms with Crippen LogP contribution in [-0.2, 0) is 4.79 Å². The standard InChI is InChI=1S/C33H41NO5/c1-4-5-6-7-8-9-10-14-23-38-33-30(36-2)24-26(25-31(33)37-3)17-22-32(35)34-27-18-20-29(21-19-27)39-28-15-12-11-13-16-28/h11-13,15-22,24-25H,4-10,14,23H2,1-3H3,(H,34,35). The van der Waals surface area contributed by atoms with Crippen molar-refractivity contribution in [1.29, 1.82) is 0 Å². The van der Waals surface area contributed by atoms with Gasteiger partial charge in [-0.2, -0.15) is 0 Å². The molecular weight excluding hydrogens is 490 g/mol. The summed E-state index contributed by atoms with van der Waals surface area (Å²) in [5.41, 5.74) is 1.44. The van der Waals surface area contributed by atoms with Crippen molar-refractivity contribution < 1.29 is 23.7 Å². The lowest BCUT2D eigenvalue weighted by atomic mass is 10.1. The summed E-state index contributed by atoms with van der Waals surface area (Å²) in [6.07, 6.45) is 13.1. The summed E-state index contributed by atoms with van der Waals surface area (Å²) in [7, 11) is 3.20. The molecule has 0 saturated heterocycles. The number of methoxy groups -OCH3 is 2. The Balaban J connectivity index is 1.51. The first-order valence-corrected chi connectivity index (χ1v) is 13.8. The largest absolute Gasteiger partial charge is 0.493 e. The van der Waals surface area contributed by atoms with E-state index in [0.717, 1.165) is 24.2 Å². The lowest BCUT2D eigenvalue weighted by Gasteiger charge is -2.15. The van der Waals surface area contributed by atoms with Crippen molar-refractivity contribution in [2.75, 3.05) is 26.1 Å². The van der Waals surface area contributed by atoms with Gasteiger partial charge in [-0.15, -0.1) is 0 Å². The Morgan fingerprint density at radius 2 is 1.36 bits per heavy atom. The Kier molecular flexibility index (Phi) is 12.8. The van der Waals surface area contributed by atoms with E-state index < -0.39 is 0 Å². The molecule has 6 heteroatoms. The molecule has 39 heavy (non-hydrogen) atoms. The van der Waals surface area contributed by atoms with Gasteiger partial charge in [-0.1, -0.05) is 70.1 Å². The number of unbranched alkanes of at least 4 members (excludes halogenated alkanes) is 7. The van der Waals surface area contributed by atoms with E-state index in [9.17, 15) is 4.79 Å². The number of nitrogens with one attached hydrogen (secondary N) is 1. The van der Waals surface area contributed by atoms with E-state index in [0.29, 0.717) is 35.3 Å². The van der Waals surface area contributed by atoms with Crippen LogP contribution in [0, 0.1) is 0 Å². The van der Waals surface area contributed by atoms with Crippen LogP contribution in [0.15, 0.2) is 72.8 Å². The summed E-state index contributed by atoms with van der Waals surface area (Å²) in [6, 6.07) is 20.5. The SMILES string of the molecule is CCCCCCCCCCOc1c(OC)cc(C=CC(=O)Nc2ccc(Oc3ccccc3)cc2)cc1OC. The molecule has 0 atom stereocenters. The van der Waals surface area contributed by atoms with Gasteiger partial charge in [-0.05, 0) is 66.6 Å². The highest BCUT2D eigenvalue weighted by atomic mass is 16.5. The zero-order valence-electron chi connectivity index (χ0n) is 23.4. The van der Waals surface area contributed by atoms with Gasteiger partial charge in [0.05, 0.1) is 20.8 Å². The number of hydrogen-bond acceptors (Lipinski definition) is 5. The molecule has 0 aliphatic rings. The second kappa shape index (κ2) is 16.8. The van der Waals surface area contributed by atoms with Gasteiger partial charge >= 0.3 is 0 Å². The van der Waals surface area contributed by atoms with Crippen LogP contribution in [-0.4, -0.2) is 26.7 Å². The van der Waals surface area contributed by atoms with Crippen LogP contribution in [0.25, 0.3) is 6.08 Å². The van der Waals surface area contributed by atoms with E-state index in [-0.39, 0.29) is 5.91 Å². The van der Waals surface area contributed by atoms with Crippen molar-refractivity contribution in [2.24, 2.45) is 0 Å².